The van der Waals surface area contributed by atoms with E-state index in [0.717, 1.165) is 46.1 Å². The monoisotopic (exact) mass is 438 g/mol. The Bertz CT molecular complexity index is 1010. The summed E-state index contributed by atoms with van der Waals surface area (Å²) in [7, 11) is 1.85. The second kappa shape index (κ2) is 11.9. The van der Waals surface area contributed by atoms with Crippen molar-refractivity contribution in [3.8, 4) is 17.1 Å². The molecule has 31 heavy (non-hydrogen) atoms. The van der Waals surface area contributed by atoms with E-state index in [1.165, 1.54) is 11.1 Å². The molecule has 8 heteroatoms. The first-order valence-corrected chi connectivity index (χ1v) is 10.4. The molecule has 0 saturated heterocycles. The largest absolute Gasteiger partial charge is 0.489 e. The molecular formula is C23H30N6OS. The first kappa shape index (κ1) is 24.2. The average molecular weight is 439 g/mol. The molecule has 0 atom stereocenters. The lowest BCUT2D eigenvalue weighted by molar-refractivity contribution is 0.303. The maximum Gasteiger partial charge on any atom is 0.159 e. The van der Waals surface area contributed by atoms with Gasteiger partial charge < -0.3 is 15.2 Å². The number of hydrogen-bond acceptors (Lipinski definition) is 7. The van der Waals surface area contributed by atoms with Crippen molar-refractivity contribution in [3.05, 3.63) is 71.0 Å². The molecule has 3 rings (SSSR count). The molecule has 7 nitrogen and oxygen atoms in total. The Kier molecular flexibility index (Phi) is 9.33. The molecule has 0 spiro atoms. The molecule has 0 bridgehead atoms. The number of ether oxygens (including phenoxy) is 1. The van der Waals surface area contributed by atoms with E-state index in [1.54, 1.807) is 11.2 Å². The molecule has 164 valence electrons. The molecule has 0 aliphatic heterocycles. The molecule has 0 fully saturated rings. The van der Waals surface area contributed by atoms with Gasteiger partial charge in [0.15, 0.2) is 5.82 Å². The number of nitrogens with one attached hydrogen (secondary N) is 1. The zero-order chi connectivity index (χ0) is 22.8. The van der Waals surface area contributed by atoms with Gasteiger partial charge >= 0.3 is 0 Å². The summed E-state index contributed by atoms with van der Waals surface area (Å²) in [5.41, 5.74) is 9.69. The summed E-state index contributed by atoms with van der Waals surface area (Å²) in [5, 5.41) is 1.64. The van der Waals surface area contributed by atoms with Crippen molar-refractivity contribution in [2.24, 2.45) is 11.7 Å². The van der Waals surface area contributed by atoms with Crippen molar-refractivity contribution in [3.63, 3.8) is 0 Å². The number of aryl methyl sites for hydroxylation is 3. The Hall–Kier alpha value is -3.07. The normalized spacial score (nSPS) is 10.0. The fourth-order valence-corrected chi connectivity index (χ4v) is 3.14. The standard InChI is InChI=1S/C22H26N4O.CH4N2S/c1-5-17-7-6-8-20(26(4)23)19(17)14-27-21-10-9-18(13-15(21)2)22-24-12-11-16(3)25-22;2-3-1-4/h6-13H,5,14,23H2,1-4H3;1H,2H2,(H,3,4). The van der Waals surface area contributed by atoms with E-state index in [4.69, 9.17) is 10.6 Å². The lowest BCUT2D eigenvalue weighted by Crippen LogP contribution is -2.27. The summed E-state index contributed by atoms with van der Waals surface area (Å²) >= 11 is 4.19. The van der Waals surface area contributed by atoms with Crippen molar-refractivity contribution in [1.29, 1.82) is 0 Å². The van der Waals surface area contributed by atoms with Gasteiger partial charge in [0.25, 0.3) is 0 Å². The number of thiocarbonyl (C=S) groups is 1. The zero-order valence-electron chi connectivity index (χ0n) is 18.4. The minimum Gasteiger partial charge on any atom is -0.489 e. The Labute approximate surface area is 189 Å². The van der Waals surface area contributed by atoms with E-state index in [2.05, 4.69) is 52.5 Å². The second-order valence-electron chi connectivity index (χ2n) is 6.95. The molecule has 2 aromatic carbocycles. The van der Waals surface area contributed by atoms with Crippen LogP contribution in [0.2, 0.25) is 0 Å². The van der Waals surface area contributed by atoms with Crippen molar-refractivity contribution < 1.29 is 4.74 Å². The highest BCUT2D eigenvalue weighted by molar-refractivity contribution is 7.78. The summed E-state index contributed by atoms with van der Waals surface area (Å²) in [4.78, 5) is 8.85. The molecule has 0 amide bonds. The summed E-state index contributed by atoms with van der Waals surface area (Å²) in [5.74, 6) is 12.2. The van der Waals surface area contributed by atoms with Gasteiger partial charge in [0.05, 0.1) is 11.2 Å². The van der Waals surface area contributed by atoms with E-state index in [-0.39, 0.29) is 0 Å². The number of hydrogen-bond donors (Lipinski definition) is 3. The molecule has 0 unspecified atom stereocenters. The smallest absolute Gasteiger partial charge is 0.159 e. The van der Waals surface area contributed by atoms with Gasteiger partial charge in [0.2, 0.25) is 0 Å². The lowest BCUT2D eigenvalue weighted by Gasteiger charge is -2.20. The summed E-state index contributed by atoms with van der Waals surface area (Å²) < 4.78 is 6.15. The molecule has 0 radical (unpaired) electrons. The Morgan fingerprint density at radius 2 is 1.94 bits per heavy atom. The molecule has 0 saturated carbocycles. The van der Waals surface area contributed by atoms with Gasteiger partial charge in [-0.05, 0) is 61.7 Å². The van der Waals surface area contributed by atoms with E-state index in [9.17, 15) is 0 Å². The number of nitrogens with zero attached hydrogens (tertiary/aromatic N) is 3. The number of hydrazine groups is 2. The van der Waals surface area contributed by atoms with E-state index >= 15 is 0 Å². The molecule has 0 aliphatic carbocycles. The van der Waals surface area contributed by atoms with E-state index < -0.39 is 0 Å². The molecular weight excluding hydrogens is 408 g/mol. The van der Waals surface area contributed by atoms with Crippen molar-refractivity contribution in [1.82, 2.24) is 15.4 Å². The fraction of sp³-hybridized carbons (Fsp3) is 0.261. The van der Waals surface area contributed by atoms with Crippen molar-refractivity contribution in [2.45, 2.75) is 33.8 Å². The van der Waals surface area contributed by atoms with Gasteiger partial charge in [0.1, 0.15) is 12.4 Å². The van der Waals surface area contributed by atoms with Crippen LogP contribution in [-0.4, -0.2) is 22.5 Å². The highest BCUT2D eigenvalue weighted by Crippen LogP contribution is 2.28. The molecule has 1 heterocycles. The first-order valence-electron chi connectivity index (χ1n) is 9.93. The molecule has 0 aliphatic rings. The first-order chi connectivity index (χ1) is 14.9. The Morgan fingerprint density at radius 1 is 1.19 bits per heavy atom. The Morgan fingerprint density at radius 3 is 2.52 bits per heavy atom. The number of benzene rings is 2. The molecule has 3 aromatic rings. The average Bonchev–Trinajstić information content (AvgIpc) is 2.78. The van der Waals surface area contributed by atoms with Gasteiger partial charge in [-0.3, -0.25) is 5.84 Å². The van der Waals surface area contributed by atoms with Gasteiger partial charge in [-0.2, -0.15) is 0 Å². The summed E-state index contributed by atoms with van der Waals surface area (Å²) in [6.45, 7) is 6.62. The maximum absolute atomic E-state index is 6.15. The minimum absolute atomic E-state index is 0.474. The third kappa shape index (κ3) is 6.71. The van der Waals surface area contributed by atoms with Crippen LogP contribution in [0.3, 0.4) is 0 Å². The van der Waals surface area contributed by atoms with Crippen LogP contribution in [0.4, 0.5) is 5.69 Å². The summed E-state index contributed by atoms with van der Waals surface area (Å²) in [6.07, 6.45) is 2.72. The summed E-state index contributed by atoms with van der Waals surface area (Å²) in [6, 6.07) is 14.1. The van der Waals surface area contributed by atoms with Crippen LogP contribution in [0.25, 0.3) is 11.4 Å². The number of anilines is 1. The quantitative estimate of drug-likeness (QED) is 0.292. The third-order valence-electron chi connectivity index (χ3n) is 4.68. The van der Waals surface area contributed by atoms with E-state index in [1.807, 2.05) is 51.2 Å². The van der Waals surface area contributed by atoms with Crippen LogP contribution >= 0.6 is 12.2 Å². The maximum atomic E-state index is 6.15. The second-order valence-corrected chi connectivity index (χ2v) is 7.19. The van der Waals surface area contributed by atoms with Crippen LogP contribution in [0, 0.1) is 13.8 Å². The van der Waals surface area contributed by atoms with Crippen LogP contribution < -0.4 is 26.9 Å². The van der Waals surface area contributed by atoms with Crippen LogP contribution in [0.5, 0.6) is 5.75 Å². The topological polar surface area (TPSA) is 102 Å². The van der Waals surface area contributed by atoms with Crippen LogP contribution in [0.15, 0.2) is 48.7 Å². The van der Waals surface area contributed by atoms with Gasteiger partial charge in [-0.25, -0.2) is 15.8 Å². The third-order valence-corrected chi connectivity index (χ3v) is 4.81. The van der Waals surface area contributed by atoms with Crippen molar-refractivity contribution in [2.75, 3.05) is 12.1 Å². The number of rotatable bonds is 7. The highest BCUT2D eigenvalue weighted by atomic mass is 32.1. The minimum atomic E-state index is 0.474. The predicted octanol–water partition coefficient (Wildman–Crippen LogP) is 3.62. The van der Waals surface area contributed by atoms with Crippen LogP contribution in [-0.2, 0) is 13.0 Å². The SMILES string of the molecule is CCc1cccc(N(C)N)c1COc1ccc(-c2nccc(C)n2)cc1C.NNC=S. The fourth-order valence-electron chi connectivity index (χ4n) is 3.14. The van der Waals surface area contributed by atoms with E-state index in [0.29, 0.717) is 6.61 Å². The lowest BCUT2D eigenvalue weighted by atomic mass is 10.0. The van der Waals surface area contributed by atoms with Gasteiger partial charge in [0, 0.05) is 30.1 Å². The number of nitrogens with two attached hydrogens (primary N) is 2. The number of aromatic nitrogens is 2. The van der Waals surface area contributed by atoms with Gasteiger partial charge in [-0.1, -0.05) is 31.3 Å². The molecule has 5 N–H and O–H groups in total. The zero-order valence-corrected chi connectivity index (χ0v) is 19.2. The molecule has 1 aromatic heterocycles. The van der Waals surface area contributed by atoms with Gasteiger partial charge in [-0.15, -0.1) is 0 Å². The predicted molar refractivity (Wildman–Crippen MR) is 131 cm³/mol. The Balaban J connectivity index is 0.000000785. The van der Waals surface area contributed by atoms with Crippen LogP contribution in [0.1, 0.15) is 29.3 Å². The highest BCUT2D eigenvalue weighted by Gasteiger charge is 2.12. The van der Waals surface area contributed by atoms with Crippen molar-refractivity contribution >= 4 is 23.4 Å².